The summed E-state index contributed by atoms with van der Waals surface area (Å²) in [5.74, 6) is 0.0569. The van der Waals surface area contributed by atoms with E-state index in [1.807, 2.05) is 0 Å². The Labute approximate surface area is 105 Å². The van der Waals surface area contributed by atoms with Gasteiger partial charge in [0, 0.05) is 0 Å². The van der Waals surface area contributed by atoms with Gasteiger partial charge in [-0.15, -0.1) is 0 Å². The fourth-order valence-corrected chi connectivity index (χ4v) is 3.89. The van der Waals surface area contributed by atoms with E-state index in [0.717, 1.165) is 0 Å². The standard InChI is InChI=1S/C13H15O4P/c1-17-18(15,16,12-5-3-2-4-6-12)13-9-7-11(14)8-10-13/h2-10,14-16H,1H3. The first-order valence-electron chi connectivity index (χ1n) is 5.39. The van der Waals surface area contributed by atoms with Gasteiger partial charge in [-0.05, 0) is 0 Å². The molecule has 0 saturated heterocycles. The van der Waals surface area contributed by atoms with Gasteiger partial charge in [0.25, 0.3) is 0 Å². The normalized spacial score (nSPS) is 13.8. The van der Waals surface area contributed by atoms with Crippen LogP contribution in [0.15, 0.2) is 54.6 Å². The summed E-state index contributed by atoms with van der Waals surface area (Å²) in [5, 5.41) is 9.82. The van der Waals surface area contributed by atoms with Gasteiger partial charge in [0.15, 0.2) is 0 Å². The van der Waals surface area contributed by atoms with Crippen LogP contribution < -0.4 is 10.6 Å². The molecule has 96 valence electrons. The van der Waals surface area contributed by atoms with E-state index in [4.69, 9.17) is 4.52 Å². The Hall–Kier alpha value is -1.45. The van der Waals surface area contributed by atoms with Crippen LogP contribution >= 0.6 is 7.28 Å². The molecule has 2 rings (SSSR count). The molecule has 3 N–H and O–H groups in total. The molecule has 0 amide bonds. The van der Waals surface area contributed by atoms with Gasteiger partial charge in [0.1, 0.15) is 0 Å². The third-order valence-electron chi connectivity index (χ3n) is 2.88. The van der Waals surface area contributed by atoms with E-state index >= 15 is 0 Å². The van der Waals surface area contributed by atoms with Gasteiger partial charge in [0.05, 0.1) is 0 Å². The van der Waals surface area contributed by atoms with E-state index in [2.05, 4.69) is 0 Å². The Bertz CT molecular complexity index is 537. The molecule has 4 nitrogen and oxygen atoms in total. The first kappa shape index (κ1) is 13.0. The van der Waals surface area contributed by atoms with Gasteiger partial charge in [0.2, 0.25) is 0 Å². The molecule has 0 aliphatic carbocycles. The van der Waals surface area contributed by atoms with Crippen molar-refractivity contribution in [2.45, 2.75) is 0 Å². The number of phenolic OH excluding ortho intramolecular Hbond substituents is 1. The third kappa shape index (κ3) is 2.00. The predicted octanol–water partition coefficient (Wildman–Crippen LogP) is 1.27. The van der Waals surface area contributed by atoms with Gasteiger partial charge in [-0.1, -0.05) is 0 Å². The summed E-state index contributed by atoms with van der Waals surface area (Å²) in [6.07, 6.45) is 0. The molecule has 18 heavy (non-hydrogen) atoms. The number of hydrogen-bond donors (Lipinski definition) is 3. The van der Waals surface area contributed by atoms with E-state index in [1.54, 1.807) is 30.3 Å². The van der Waals surface area contributed by atoms with Crippen LogP contribution in [0.25, 0.3) is 0 Å². The van der Waals surface area contributed by atoms with Gasteiger partial charge in [-0.2, -0.15) is 0 Å². The number of hydrogen-bond acceptors (Lipinski definition) is 4. The molecule has 5 heteroatoms. The summed E-state index contributed by atoms with van der Waals surface area (Å²) in [7, 11) is -3.33. The van der Waals surface area contributed by atoms with E-state index < -0.39 is 7.28 Å². The third-order valence-corrected chi connectivity index (χ3v) is 6.03. The molecule has 0 unspecified atom stereocenters. The minimum absolute atomic E-state index is 0.0569. The van der Waals surface area contributed by atoms with Crippen molar-refractivity contribution in [3.63, 3.8) is 0 Å². The first-order valence-corrected chi connectivity index (χ1v) is 7.45. The second kappa shape index (κ2) is 4.34. The summed E-state index contributed by atoms with van der Waals surface area (Å²) in [6, 6.07) is 14.1. The number of phenols is 1. The van der Waals surface area contributed by atoms with Crippen molar-refractivity contribution < 1.29 is 19.4 Å². The SMILES string of the molecule is COP(O)(O)(c1ccccc1)c1ccc(O)cc1. The van der Waals surface area contributed by atoms with E-state index in [9.17, 15) is 14.9 Å². The second-order valence-corrected chi connectivity index (χ2v) is 7.27. The summed E-state index contributed by atoms with van der Waals surface area (Å²) in [4.78, 5) is 21.4. The van der Waals surface area contributed by atoms with Gasteiger partial charge < -0.3 is 0 Å². The van der Waals surface area contributed by atoms with Crippen molar-refractivity contribution in [2.75, 3.05) is 7.11 Å². The fraction of sp³-hybridized carbons (Fsp3) is 0.0769. The topological polar surface area (TPSA) is 69.9 Å². The monoisotopic (exact) mass is 266 g/mol. The zero-order valence-electron chi connectivity index (χ0n) is 9.89. The molecule has 0 aliphatic rings. The molecule has 0 bridgehead atoms. The zero-order valence-corrected chi connectivity index (χ0v) is 10.8. The van der Waals surface area contributed by atoms with Crippen molar-refractivity contribution in [1.29, 1.82) is 0 Å². The maximum atomic E-state index is 10.7. The van der Waals surface area contributed by atoms with Crippen molar-refractivity contribution in [3.05, 3.63) is 54.6 Å². The van der Waals surface area contributed by atoms with Crippen LogP contribution in [0.1, 0.15) is 0 Å². The number of rotatable bonds is 3. The van der Waals surface area contributed by atoms with Crippen LogP contribution in [-0.2, 0) is 4.52 Å². The number of aromatic hydroxyl groups is 1. The molecule has 0 fully saturated rings. The summed E-state index contributed by atoms with van der Waals surface area (Å²) in [6.45, 7) is 0. The Morgan fingerprint density at radius 1 is 0.833 bits per heavy atom. The molecule has 0 radical (unpaired) electrons. The molecular weight excluding hydrogens is 251 g/mol. The van der Waals surface area contributed by atoms with Crippen LogP contribution in [0.2, 0.25) is 0 Å². The Balaban J connectivity index is 2.63. The van der Waals surface area contributed by atoms with Crippen molar-refractivity contribution in [2.24, 2.45) is 0 Å². The zero-order chi connectivity index (χ0) is 13.3. The molecule has 0 saturated carbocycles. The predicted molar refractivity (Wildman–Crippen MR) is 72.2 cm³/mol. The minimum atomic E-state index is -4.59. The van der Waals surface area contributed by atoms with Crippen LogP contribution in [0.4, 0.5) is 0 Å². The van der Waals surface area contributed by atoms with Gasteiger partial charge >= 0.3 is 105 Å². The van der Waals surface area contributed by atoms with Gasteiger partial charge in [-0.25, -0.2) is 0 Å². The molecule has 0 spiro atoms. The fourth-order valence-electron chi connectivity index (χ4n) is 1.78. The van der Waals surface area contributed by atoms with Crippen LogP contribution in [-0.4, -0.2) is 22.0 Å². The summed E-state index contributed by atoms with van der Waals surface area (Å²) in [5.41, 5.74) is 0. The summed E-state index contributed by atoms with van der Waals surface area (Å²) >= 11 is 0. The van der Waals surface area contributed by atoms with Crippen molar-refractivity contribution >= 4 is 17.9 Å². The number of benzene rings is 2. The second-order valence-electron chi connectivity index (χ2n) is 3.98. The first-order chi connectivity index (χ1) is 8.46. The molecule has 0 atom stereocenters. The van der Waals surface area contributed by atoms with E-state index in [-0.39, 0.29) is 11.1 Å². The molecule has 0 heterocycles. The molecule has 0 aromatic heterocycles. The Morgan fingerprint density at radius 2 is 1.33 bits per heavy atom. The quantitative estimate of drug-likeness (QED) is 0.732. The average molecular weight is 266 g/mol. The maximum absolute atomic E-state index is 10.7. The van der Waals surface area contributed by atoms with Crippen LogP contribution in [0, 0.1) is 0 Å². The van der Waals surface area contributed by atoms with Crippen LogP contribution in [0.5, 0.6) is 5.75 Å². The van der Waals surface area contributed by atoms with Crippen molar-refractivity contribution in [3.8, 4) is 5.75 Å². The molecule has 2 aromatic rings. The van der Waals surface area contributed by atoms with Crippen LogP contribution in [0.3, 0.4) is 0 Å². The molecule has 0 aliphatic heterocycles. The summed E-state index contributed by atoms with van der Waals surface area (Å²) < 4.78 is 5.10. The van der Waals surface area contributed by atoms with Gasteiger partial charge in [-0.3, -0.25) is 0 Å². The molecule has 2 aromatic carbocycles. The van der Waals surface area contributed by atoms with Crippen molar-refractivity contribution in [1.82, 2.24) is 0 Å². The van der Waals surface area contributed by atoms with E-state index in [0.29, 0.717) is 5.30 Å². The Kier molecular flexibility index (Phi) is 3.13. The molecular formula is C13H15O4P. The Morgan fingerprint density at radius 3 is 1.83 bits per heavy atom. The van der Waals surface area contributed by atoms with E-state index in [1.165, 1.54) is 31.4 Å². The average Bonchev–Trinajstić information content (AvgIpc) is 2.41.